The van der Waals surface area contributed by atoms with Crippen LogP contribution in [0.1, 0.15) is 31.1 Å². The fourth-order valence-electron chi connectivity index (χ4n) is 4.11. The van der Waals surface area contributed by atoms with Gasteiger partial charge in [-0.05, 0) is 66.6 Å². The Morgan fingerprint density at radius 3 is 3.00 bits per heavy atom. The third-order valence-corrected chi connectivity index (χ3v) is 5.80. The second kappa shape index (κ2) is 5.70. The van der Waals surface area contributed by atoms with Gasteiger partial charge in [0.25, 0.3) is 0 Å². The molecule has 3 nitrogen and oxygen atoms in total. The van der Waals surface area contributed by atoms with Gasteiger partial charge in [0.15, 0.2) is 0 Å². The predicted octanol–water partition coefficient (Wildman–Crippen LogP) is 3.83. The summed E-state index contributed by atoms with van der Waals surface area (Å²) in [5.74, 6) is 1.81. The van der Waals surface area contributed by atoms with Crippen molar-refractivity contribution in [3.05, 3.63) is 27.6 Å². The molecule has 0 radical (unpaired) electrons. The largest absolute Gasteiger partial charge is 0.323 e. The minimum Gasteiger partial charge on any atom is -0.323 e. The number of aromatic nitrogens is 2. The smallest absolute Gasteiger partial charge is 0.111 e. The Morgan fingerprint density at radius 2 is 2.14 bits per heavy atom. The summed E-state index contributed by atoms with van der Waals surface area (Å²) in [5, 5.41) is 0. The first-order valence-corrected chi connectivity index (χ1v) is 9.35. The first-order valence-electron chi connectivity index (χ1n) is 7.74. The Labute approximate surface area is 143 Å². The molecule has 1 aromatic carbocycles. The van der Waals surface area contributed by atoms with Crippen molar-refractivity contribution < 1.29 is 0 Å². The van der Waals surface area contributed by atoms with Gasteiger partial charge in [0, 0.05) is 28.5 Å². The number of nitrogens with zero attached hydrogens (tertiary/aromatic N) is 3. The highest BCUT2D eigenvalue weighted by Gasteiger charge is 2.39. The number of fused-ring (bicyclic) bond motifs is 2. The zero-order valence-electron chi connectivity index (χ0n) is 11.9. The Bertz CT molecular complexity index is 669. The van der Waals surface area contributed by atoms with Crippen molar-refractivity contribution in [2.75, 3.05) is 19.0 Å². The van der Waals surface area contributed by atoms with Crippen LogP contribution in [0.25, 0.3) is 11.0 Å². The molecule has 3 heterocycles. The van der Waals surface area contributed by atoms with E-state index in [0.29, 0.717) is 18.0 Å². The van der Waals surface area contributed by atoms with Gasteiger partial charge in [-0.3, -0.25) is 4.90 Å². The van der Waals surface area contributed by atoms with E-state index in [9.17, 15) is 0 Å². The van der Waals surface area contributed by atoms with Crippen LogP contribution in [-0.2, 0) is 6.42 Å². The van der Waals surface area contributed by atoms with E-state index in [4.69, 9.17) is 16.6 Å². The number of hydrogen-bond donors (Lipinski definition) is 0. The third kappa shape index (κ3) is 2.39. The van der Waals surface area contributed by atoms with Crippen LogP contribution in [0.3, 0.4) is 0 Å². The lowest BCUT2D eigenvalue weighted by atomic mass is 10.1. The summed E-state index contributed by atoms with van der Waals surface area (Å²) in [7, 11) is 0. The minimum absolute atomic E-state index is 0.579. The van der Waals surface area contributed by atoms with Crippen molar-refractivity contribution in [2.24, 2.45) is 0 Å². The van der Waals surface area contributed by atoms with E-state index in [-0.39, 0.29) is 0 Å². The van der Waals surface area contributed by atoms with Gasteiger partial charge in [-0.25, -0.2) is 4.98 Å². The number of halogens is 2. The number of imidazole rings is 1. The molecule has 21 heavy (non-hydrogen) atoms. The van der Waals surface area contributed by atoms with E-state index in [1.807, 2.05) is 0 Å². The SMILES string of the molecule is ClCCc1nc2cc(I)ccc2n1C1CCN2CCCC12. The normalized spacial score (nSPS) is 25.8. The molecule has 0 saturated carbocycles. The summed E-state index contributed by atoms with van der Waals surface area (Å²) in [4.78, 5) is 7.54. The summed E-state index contributed by atoms with van der Waals surface area (Å²) in [6, 6.07) is 7.89. The van der Waals surface area contributed by atoms with Crippen molar-refractivity contribution in [3.8, 4) is 0 Å². The molecule has 5 heteroatoms. The van der Waals surface area contributed by atoms with E-state index >= 15 is 0 Å². The lowest BCUT2D eigenvalue weighted by Gasteiger charge is -2.24. The van der Waals surface area contributed by atoms with Crippen molar-refractivity contribution >= 4 is 45.2 Å². The average molecular weight is 416 g/mol. The molecule has 2 aliphatic rings. The molecule has 2 aromatic rings. The summed E-state index contributed by atoms with van der Waals surface area (Å²) in [5.41, 5.74) is 2.41. The van der Waals surface area contributed by atoms with E-state index in [1.54, 1.807) is 0 Å². The van der Waals surface area contributed by atoms with Crippen molar-refractivity contribution in [1.29, 1.82) is 0 Å². The van der Waals surface area contributed by atoms with Gasteiger partial charge in [0.2, 0.25) is 0 Å². The molecular formula is C16H19ClIN3. The average Bonchev–Trinajstić information content (AvgIpc) is 3.12. The van der Waals surface area contributed by atoms with Crippen LogP contribution in [0.2, 0.25) is 0 Å². The molecule has 0 amide bonds. The quantitative estimate of drug-likeness (QED) is 0.561. The Morgan fingerprint density at radius 1 is 1.24 bits per heavy atom. The predicted molar refractivity (Wildman–Crippen MR) is 95.1 cm³/mol. The Kier molecular flexibility index (Phi) is 3.88. The van der Waals surface area contributed by atoms with Gasteiger partial charge >= 0.3 is 0 Å². The highest BCUT2D eigenvalue weighted by molar-refractivity contribution is 14.1. The first-order chi connectivity index (χ1) is 10.3. The first kappa shape index (κ1) is 14.3. The van der Waals surface area contributed by atoms with Crippen molar-refractivity contribution in [2.45, 2.75) is 37.8 Å². The molecule has 2 atom stereocenters. The summed E-state index contributed by atoms with van der Waals surface area (Å²) in [6.07, 6.45) is 4.78. The molecule has 0 N–H and O–H groups in total. The summed E-state index contributed by atoms with van der Waals surface area (Å²) >= 11 is 8.38. The maximum Gasteiger partial charge on any atom is 0.111 e. The number of benzene rings is 1. The molecule has 112 valence electrons. The second-order valence-electron chi connectivity index (χ2n) is 6.07. The number of aryl methyl sites for hydroxylation is 1. The van der Waals surface area contributed by atoms with E-state index in [1.165, 1.54) is 47.3 Å². The maximum absolute atomic E-state index is 6.02. The van der Waals surface area contributed by atoms with Crippen molar-refractivity contribution in [3.63, 3.8) is 0 Å². The van der Waals surface area contributed by atoms with Crippen LogP contribution >= 0.6 is 34.2 Å². The van der Waals surface area contributed by atoms with Crippen LogP contribution < -0.4 is 0 Å². The molecule has 1 aromatic heterocycles. The van der Waals surface area contributed by atoms with Crippen LogP contribution in [0.4, 0.5) is 0 Å². The Balaban J connectivity index is 1.83. The van der Waals surface area contributed by atoms with E-state index in [2.05, 4.69) is 50.3 Å². The van der Waals surface area contributed by atoms with Gasteiger partial charge in [-0.15, -0.1) is 11.6 Å². The fraction of sp³-hybridized carbons (Fsp3) is 0.562. The van der Waals surface area contributed by atoms with E-state index < -0.39 is 0 Å². The Hall–Kier alpha value is -0.330. The van der Waals surface area contributed by atoms with Crippen molar-refractivity contribution in [1.82, 2.24) is 14.5 Å². The number of hydrogen-bond acceptors (Lipinski definition) is 2. The minimum atomic E-state index is 0.579. The number of alkyl halides is 1. The molecule has 4 rings (SSSR count). The van der Waals surface area contributed by atoms with Crippen LogP contribution in [-0.4, -0.2) is 39.5 Å². The van der Waals surface area contributed by atoms with Crippen LogP contribution in [0.5, 0.6) is 0 Å². The monoisotopic (exact) mass is 415 g/mol. The van der Waals surface area contributed by atoms with Gasteiger partial charge in [-0.1, -0.05) is 0 Å². The molecule has 2 aliphatic heterocycles. The molecule has 2 fully saturated rings. The highest BCUT2D eigenvalue weighted by Crippen LogP contribution is 2.38. The van der Waals surface area contributed by atoms with Gasteiger partial charge in [0.05, 0.1) is 17.1 Å². The molecule has 2 unspecified atom stereocenters. The van der Waals surface area contributed by atoms with E-state index in [0.717, 1.165) is 11.9 Å². The molecule has 2 saturated heterocycles. The lowest BCUT2D eigenvalue weighted by Crippen LogP contribution is -2.28. The summed E-state index contributed by atoms with van der Waals surface area (Å²) < 4.78 is 3.75. The second-order valence-corrected chi connectivity index (χ2v) is 7.70. The lowest BCUT2D eigenvalue weighted by molar-refractivity contribution is 0.290. The summed E-state index contributed by atoms with van der Waals surface area (Å²) in [6.45, 7) is 2.51. The topological polar surface area (TPSA) is 21.1 Å². The standard InChI is InChI=1S/C16H19ClIN3/c17-7-5-16-19-12-10-11(18)3-4-13(12)21(16)15-6-9-20-8-1-2-14(15)20/h3-4,10,14-15H,1-2,5-9H2. The zero-order chi connectivity index (χ0) is 14.4. The number of rotatable bonds is 3. The highest BCUT2D eigenvalue weighted by atomic mass is 127. The van der Waals surface area contributed by atoms with Gasteiger partial charge in [0.1, 0.15) is 5.82 Å². The maximum atomic E-state index is 6.02. The third-order valence-electron chi connectivity index (χ3n) is 4.94. The molecular weight excluding hydrogens is 397 g/mol. The van der Waals surface area contributed by atoms with Crippen LogP contribution in [0, 0.1) is 3.57 Å². The fourth-order valence-corrected chi connectivity index (χ4v) is 4.75. The molecule has 0 spiro atoms. The van der Waals surface area contributed by atoms with Gasteiger partial charge < -0.3 is 4.57 Å². The van der Waals surface area contributed by atoms with Crippen LogP contribution in [0.15, 0.2) is 18.2 Å². The van der Waals surface area contributed by atoms with Gasteiger partial charge in [-0.2, -0.15) is 0 Å². The molecule has 0 aliphatic carbocycles. The zero-order valence-corrected chi connectivity index (χ0v) is 14.8. The molecule has 0 bridgehead atoms.